The van der Waals surface area contributed by atoms with E-state index in [4.69, 9.17) is 21.1 Å². The molecule has 0 fully saturated rings. The van der Waals surface area contributed by atoms with Crippen LogP contribution in [0.25, 0.3) is 11.3 Å². The van der Waals surface area contributed by atoms with Crippen LogP contribution in [-0.2, 0) is 22.3 Å². The number of benzene rings is 1. The molecule has 31 heavy (non-hydrogen) atoms. The van der Waals surface area contributed by atoms with Crippen LogP contribution in [0.1, 0.15) is 52.8 Å². The van der Waals surface area contributed by atoms with Crippen LogP contribution in [0.4, 0.5) is 9.59 Å². The van der Waals surface area contributed by atoms with E-state index in [1.807, 2.05) is 59.7 Å². The van der Waals surface area contributed by atoms with Crippen molar-refractivity contribution in [2.24, 2.45) is 0 Å². The summed E-state index contributed by atoms with van der Waals surface area (Å²) in [6.07, 6.45) is 0.0992. The lowest BCUT2D eigenvalue weighted by Gasteiger charge is -2.26. The summed E-state index contributed by atoms with van der Waals surface area (Å²) in [6.45, 7) is 11.9. The van der Waals surface area contributed by atoms with Crippen LogP contribution >= 0.6 is 11.6 Å². The van der Waals surface area contributed by atoms with Gasteiger partial charge in [0.25, 0.3) is 0 Å². The molecule has 168 valence electrons. The van der Waals surface area contributed by atoms with E-state index in [1.54, 1.807) is 11.0 Å². The zero-order valence-electron chi connectivity index (χ0n) is 19.0. The Labute approximate surface area is 188 Å². The normalized spacial score (nSPS) is 14.6. The minimum absolute atomic E-state index is 0.362. The molecule has 0 unspecified atom stereocenters. The molecule has 2 heterocycles. The highest BCUT2D eigenvalue weighted by atomic mass is 35.5. The zero-order chi connectivity index (χ0) is 23.0. The number of nitrogens with zero attached hydrogens (tertiary/aromatic N) is 3. The predicted octanol–water partition coefficient (Wildman–Crippen LogP) is 5.32. The highest BCUT2D eigenvalue weighted by Gasteiger charge is 2.31. The lowest BCUT2D eigenvalue weighted by molar-refractivity contribution is 0.0258. The zero-order valence-corrected chi connectivity index (χ0v) is 19.7. The third kappa shape index (κ3) is 5.79. The third-order valence-electron chi connectivity index (χ3n) is 4.66. The molecular formula is C23H30ClN3O4. The Balaban J connectivity index is 1.98. The average molecular weight is 448 g/mol. The van der Waals surface area contributed by atoms with E-state index in [0.29, 0.717) is 36.6 Å². The van der Waals surface area contributed by atoms with Gasteiger partial charge in [-0.05, 0) is 60.1 Å². The van der Waals surface area contributed by atoms with Crippen LogP contribution in [0.3, 0.4) is 0 Å². The molecule has 7 nitrogen and oxygen atoms in total. The van der Waals surface area contributed by atoms with Crippen LogP contribution in [0.5, 0.6) is 0 Å². The fourth-order valence-electron chi connectivity index (χ4n) is 3.44. The Bertz CT molecular complexity index is 986. The van der Waals surface area contributed by atoms with E-state index in [9.17, 15) is 9.59 Å². The van der Waals surface area contributed by atoms with Crippen molar-refractivity contribution in [3.8, 4) is 11.3 Å². The Morgan fingerprint density at radius 1 is 0.968 bits per heavy atom. The second-order valence-corrected chi connectivity index (χ2v) is 10.1. The highest BCUT2D eigenvalue weighted by Crippen LogP contribution is 2.31. The summed E-state index contributed by atoms with van der Waals surface area (Å²) >= 11 is 6.20. The maximum absolute atomic E-state index is 12.9. The first-order valence-electron chi connectivity index (χ1n) is 10.4. The lowest BCUT2D eigenvalue weighted by atomic mass is 10.0. The monoisotopic (exact) mass is 447 g/mol. The Morgan fingerprint density at radius 3 is 2.19 bits per heavy atom. The van der Waals surface area contributed by atoms with Crippen LogP contribution < -0.4 is 0 Å². The number of hydrogen-bond donors (Lipinski definition) is 0. The van der Waals surface area contributed by atoms with Crippen LogP contribution in [-0.4, -0.2) is 51.2 Å². The van der Waals surface area contributed by atoms with Gasteiger partial charge in [-0.3, -0.25) is 0 Å². The summed E-state index contributed by atoms with van der Waals surface area (Å²) in [7, 11) is 0. The van der Waals surface area contributed by atoms with Crippen LogP contribution in [0.15, 0.2) is 24.3 Å². The van der Waals surface area contributed by atoms with Gasteiger partial charge in [0.05, 0.1) is 11.4 Å². The average Bonchev–Trinajstić information content (AvgIpc) is 2.83. The van der Waals surface area contributed by atoms with E-state index in [-0.39, 0.29) is 6.09 Å². The van der Waals surface area contributed by atoms with Gasteiger partial charge in [-0.2, -0.15) is 9.78 Å². The molecule has 0 spiro atoms. The third-order valence-corrected chi connectivity index (χ3v) is 4.89. The highest BCUT2D eigenvalue weighted by molar-refractivity contribution is 6.30. The number of carbonyl (C=O) groups is 2. The summed E-state index contributed by atoms with van der Waals surface area (Å²) in [5, 5.41) is 5.19. The first-order chi connectivity index (χ1) is 14.3. The number of fused-ring (bicyclic) bond motifs is 1. The summed E-state index contributed by atoms with van der Waals surface area (Å²) in [4.78, 5) is 27.2. The first kappa shape index (κ1) is 23.1. The Hall–Kier alpha value is -2.54. The second-order valence-electron chi connectivity index (χ2n) is 9.64. The van der Waals surface area contributed by atoms with Crippen molar-refractivity contribution in [1.29, 1.82) is 0 Å². The van der Waals surface area contributed by atoms with Gasteiger partial charge in [0, 0.05) is 35.7 Å². The summed E-state index contributed by atoms with van der Waals surface area (Å²) in [5.41, 5.74) is 1.93. The van der Waals surface area contributed by atoms with Crippen molar-refractivity contribution in [3.05, 3.63) is 40.5 Å². The second kappa shape index (κ2) is 8.54. The van der Waals surface area contributed by atoms with E-state index >= 15 is 0 Å². The number of rotatable bonds is 1. The van der Waals surface area contributed by atoms with Gasteiger partial charge in [-0.15, -0.1) is 0 Å². The summed E-state index contributed by atoms with van der Waals surface area (Å²) in [6, 6.07) is 7.36. The molecule has 0 radical (unpaired) electrons. The fourth-order valence-corrected chi connectivity index (χ4v) is 3.63. The molecule has 1 aromatic heterocycles. The van der Waals surface area contributed by atoms with Crippen LogP contribution in [0, 0.1) is 0 Å². The fraction of sp³-hybridized carbons (Fsp3) is 0.522. The molecular weight excluding hydrogens is 418 g/mol. The van der Waals surface area contributed by atoms with Crippen molar-refractivity contribution in [3.63, 3.8) is 0 Å². The van der Waals surface area contributed by atoms with Crippen LogP contribution in [0.2, 0.25) is 5.02 Å². The topological polar surface area (TPSA) is 73.7 Å². The number of hydrogen-bond acceptors (Lipinski definition) is 5. The molecule has 8 heteroatoms. The molecule has 0 saturated carbocycles. The number of aromatic nitrogens is 2. The van der Waals surface area contributed by atoms with Crippen molar-refractivity contribution in [1.82, 2.24) is 14.7 Å². The molecule has 0 aliphatic carbocycles. The molecule has 0 saturated heterocycles. The predicted molar refractivity (Wildman–Crippen MR) is 120 cm³/mol. The SMILES string of the molecule is CC(C)(C)OC(=O)N1CCc2c(-c3cccc(Cl)c3)nn(C(=O)OC(C)(C)C)c2CC1. The lowest BCUT2D eigenvalue weighted by Crippen LogP contribution is -2.38. The molecule has 1 aromatic carbocycles. The maximum Gasteiger partial charge on any atom is 0.435 e. The molecule has 3 rings (SSSR count). The maximum atomic E-state index is 12.9. The van der Waals surface area contributed by atoms with E-state index in [2.05, 4.69) is 5.10 Å². The van der Waals surface area contributed by atoms with Gasteiger partial charge in [0.1, 0.15) is 11.2 Å². The van der Waals surface area contributed by atoms with Crippen molar-refractivity contribution >= 4 is 23.8 Å². The summed E-state index contributed by atoms with van der Waals surface area (Å²) in [5.74, 6) is 0. The van der Waals surface area contributed by atoms with Gasteiger partial charge in [-0.1, -0.05) is 23.7 Å². The van der Waals surface area contributed by atoms with Gasteiger partial charge in [0.15, 0.2) is 0 Å². The van der Waals surface area contributed by atoms with Crippen molar-refractivity contribution < 1.29 is 19.1 Å². The molecule has 1 aliphatic rings. The smallest absolute Gasteiger partial charge is 0.435 e. The minimum Gasteiger partial charge on any atom is -0.444 e. The Kier molecular flexibility index (Phi) is 6.37. The number of ether oxygens (including phenoxy) is 2. The number of carbonyl (C=O) groups excluding carboxylic acids is 2. The molecule has 1 aliphatic heterocycles. The largest absolute Gasteiger partial charge is 0.444 e. The van der Waals surface area contributed by atoms with Crippen molar-refractivity contribution in [2.45, 2.75) is 65.6 Å². The van der Waals surface area contributed by atoms with Gasteiger partial charge < -0.3 is 14.4 Å². The van der Waals surface area contributed by atoms with E-state index in [1.165, 1.54) is 4.68 Å². The van der Waals surface area contributed by atoms with E-state index in [0.717, 1.165) is 16.8 Å². The Morgan fingerprint density at radius 2 is 1.58 bits per heavy atom. The first-order valence-corrected chi connectivity index (χ1v) is 10.8. The summed E-state index contributed by atoms with van der Waals surface area (Å²) < 4.78 is 12.4. The molecule has 0 atom stereocenters. The minimum atomic E-state index is -0.653. The van der Waals surface area contributed by atoms with E-state index < -0.39 is 17.3 Å². The van der Waals surface area contributed by atoms with Gasteiger partial charge in [-0.25, -0.2) is 9.59 Å². The number of amides is 1. The number of halogens is 1. The van der Waals surface area contributed by atoms with Gasteiger partial charge in [0.2, 0.25) is 0 Å². The van der Waals surface area contributed by atoms with Crippen molar-refractivity contribution in [2.75, 3.05) is 13.1 Å². The quantitative estimate of drug-likeness (QED) is 0.591. The molecule has 0 bridgehead atoms. The van der Waals surface area contributed by atoms with Gasteiger partial charge >= 0.3 is 12.2 Å². The molecule has 1 amide bonds. The standard InChI is InChI=1S/C23H30ClN3O4/c1-22(2,3)30-20(28)26-12-10-17-18(11-13-26)27(21(29)31-23(4,5)6)25-19(17)15-8-7-9-16(24)14-15/h7-9,14H,10-13H2,1-6H3. The molecule has 0 N–H and O–H groups in total. The molecule has 2 aromatic rings.